The minimum atomic E-state index is 0.563. The molecular formula is C27H32O3. The Bertz CT molecular complexity index is 852. The van der Waals surface area contributed by atoms with Crippen molar-refractivity contribution in [1.29, 1.82) is 0 Å². The van der Waals surface area contributed by atoms with Crippen molar-refractivity contribution in [3.63, 3.8) is 0 Å². The van der Waals surface area contributed by atoms with Gasteiger partial charge in [-0.2, -0.15) is 0 Å². The molecule has 0 N–H and O–H groups in total. The second-order valence-corrected chi connectivity index (χ2v) is 7.38. The van der Waals surface area contributed by atoms with Crippen LogP contribution in [0.15, 0.2) is 72.8 Å². The van der Waals surface area contributed by atoms with Crippen molar-refractivity contribution in [2.24, 2.45) is 0 Å². The third kappa shape index (κ3) is 6.64. The molecule has 158 valence electrons. The lowest BCUT2D eigenvalue weighted by Gasteiger charge is -2.09. The summed E-state index contributed by atoms with van der Waals surface area (Å²) in [5.74, 6) is 1.81. The highest BCUT2D eigenvalue weighted by atomic mass is 16.5. The van der Waals surface area contributed by atoms with Crippen LogP contribution in [0.2, 0.25) is 0 Å². The highest BCUT2D eigenvalue weighted by Gasteiger charge is 2.03. The number of benzene rings is 3. The van der Waals surface area contributed by atoms with E-state index >= 15 is 0 Å². The predicted octanol–water partition coefficient (Wildman–Crippen LogP) is 7.00. The van der Waals surface area contributed by atoms with Gasteiger partial charge in [0.15, 0.2) is 0 Å². The quantitative estimate of drug-likeness (QED) is 0.304. The molecule has 30 heavy (non-hydrogen) atoms. The van der Waals surface area contributed by atoms with Gasteiger partial charge in [0.2, 0.25) is 0 Å². The van der Waals surface area contributed by atoms with Gasteiger partial charge in [0.05, 0.1) is 13.2 Å². The Balaban J connectivity index is 1.56. The first-order valence-corrected chi connectivity index (χ1v) is 10.9. The average Bonchev–Trinajstić information content (AvgIpc) is 2.80. The standard InChI is InChI=1S/C27H32O3/c1-3-4-5-6-19-29-26-15-11-24(12-16-26)22-7-9-23(10-8-22)25-13-17-27(18-14-25)30-21-20-28-2/h7-18H,3-6,19-21H2,1-2H3. The van der Waals surface area contributed by atoms with E-state index in [1.165, 1.54) is 41.5 Å². The zero-order chi connectivity index (χ0) is 21.0. The summed E-state index contributed by atoms with van der Waals surface area (Å²) in [7, 11) is 1.67. The summed E-state index contributed by atoms with van der Waals surface area (Å²) < 4.78 is 16.5. The van der Waals surface area contributed by atoms with E-state index in [0.717, 1.165) is 24.5 Å². The molecule has 3 aromatic carbocycles. The van der Waals surface area contributed by atoms with E-state index in [-0.39, 0.29) is 0 Å². The first-order valence-electron chi connectivity index (χ1n) is 10.9. The second-order valence-electron chi connectivity index (χ2n) is 7.38. The Morgan fingerprint density at radius 1 is 0.500 bits per heavy atom. The summed E-state index contributed by atoms with van der Waals surface area (Å²) in [5, 5.41) is 0. The van der Waals surface area contributed by atoms with Crippen molar-refractivity contribution in [2.45, 2.75) is 32.6 Å². The number of rotatable bonds is 12. The van der Waals surface area contributed by atoms with E-state index in [1.807, 2.05) is 12.1 Å². The molecule has 0 amide bonds. The fourth-order valence-corrected chi connectivity index (χ4v) is 3.30. The van der Waals surface area contributed by atoms with Gasteiger partial charge in [-0.15, -0.1) is 0 Å². The van der Waals surface area contributed by atoms with E-state index in [0.29, 0.717) is 13.2 Å². The zero-order valence-corrected chi connectivity index (χ0v) is 18.1. The fourth-order valence-electron chi connectivity index (χ4n) is 3.30. The lowest BCUT2D eigenvalue weighted by Crippen LogP contribution is -2.03. The molecule has 0 saturated heterocycles. The summed E-state index contributed by atoms with van der Waals surface area (Å²) in [6.45, 7) is 4.18. The first-order chi connectivity index (χ1) is 14.8. The highest BCUT2D eigenvalue weighted by molar-refractivity contribution is 5.71. The molecule has 0 heterocycles. The van der Waals surface area contributed by atoms with Crippen molar-refractivity contribution in [3.05, 3.63) is 72.8 Å². The molecule has 0 unspecified atom stereocenters. The molecule has 0 saturated carbocycles. The summed E-state index contributed by atoms with van der Waals surface area (Å²) in [6.07, 6.45) is 4.90. The summed E-state index contributed by atoms with van der Waals surface area (Å²) >= 11 is 0. The minimum Gasteiger partial charge on any atom is -0.494 e. The number of hydrogen-bond acceptors (Lipinski definition) is 3. The zero-order valence-electron chi connectivity index (χ0n) is 18.1. The van der Waals surface area contributed by atoms with Crippen LogP contribution in [-0.4, -0.2) is 26.9 Å². The second kappa shape index (κ2) is 12.0. The minimum absolute atomic E-state index is 0.563. The average molecular weight is 405 g/mol. The Kier molecular flexibility index (Phi) is 8.80. The lowest BCUT2D eigenvalue weighted by atomic mass is 10.0. The Labute approximate surface area is 180 Å². The van der Waals surface area contributed by atoms with Crippen LogP contribution in [0.3, 0.4) is 0 Å². The summed E-state index contributed by atoms with van der Waals surface area (Å²) in [5.41, 5.74) is 4.76. The number of methoxy groups -OCH3 is 1. The maximum atomic E-state index is 5.84. The summed E-state index contributed by atoms with van der Waals surface area (Å²) in [6, 6.07) is 25.2. The molecule has 0 fully saturated rings. The summed E-state index contributed by atoms with van der Waals surface area (Å²) in [4.78, 5) is 0. The number of ether oxygens (including phenoxy) is 3. The Hall–Kier alpha value is -2.78. The maximum absolute atomic E-state index is 5.84. The van der Waals surface area contributed by atoms with Gasteiger partial charge >= 0.3 is 0 Å². The van der Waals surface area contributed by atoms with Gasteiger partial charge in [0.25, 0.3) is 0 Å². The third-order valence-corrected chi connectivity index (χ3v) is 5.08. The van der Waals surface area contributed by atoms with Gasteiger partial charge in [-0.25, -0.2) is 0 Å². The van der Waals surface area contributed by atoms with E-state index in [4.69, 9.17) is 14.2 Å². The van der Waals surface area contributed by atoms with Crippen molar-refractivity contribution in [2.75, 3.05) is 26.9 Å². The topological polar surface area (TPSA) is 27.7 Å². The predicted molar refractivity (Wildman–Crippen MR) is 124 cm³/mol. The maximum Gasteiger partial charge on any atom is 0.119 e. The number of hydrogen-bond donors (Lipinski definition) is 0. The SMILES string of the molecule is CCCCCCOc1ccc(-c2ccc(-c3ccc(OCCOC)cc3)cc2)cc1. The molecule has 0 spiro atoms. The van der Waals surface area contributed by atoms with Crippen LogP contribution >= 0.6 is 0 Å². The Morgan fingerprint density at radius 2 is 0.933 bits per heavy atom. The normalized spacial score (nSPS) is 10.7. The van der Waals surface area contributed by atoms with E-state index in [2.05, 4.69) is 67.6 Å². The van der Waals surface area contributed by atoms with Crippen LogP contribution in [0, 0.1) is 0 Å². The monoisotopic (exact) mass is 404 g/mol. The number of unbranched alkanes of at least 4 members (excludes halogenated alkanes) is 3. The molecule has 0 atom stereocenters. The van der Waals surface area contributed by atoms with Crippen LogP contribution in [0.5, 0.6) is 11.5 Å². The molecule has 3 nitrogen and oxygen atoms in total. The van der Waals surface area contributed by atoms with Gasteiger partial charge in [0, 0.05) is 7.11 Å². The molecule has 0 radical (unpaired) electrons. The molecule has 0 bridgehead atoms. The van der Waals surface area contributed by atoms with Gasteiger partial charge < -0.3 is 14.2 Å². The highest BCUT2D eigenvalue weighted by Crippen LogP contribution is 2.27. The van der Waals surface area contributed by atoms with E-state index < -0.39 is 0 Å². The van der Waals surface area contributed by atoms with Crippen molar-refractivity contribution in [1.82, 2.24) is 0 Å². The third-order valence-electron chi connectivity index (χ3n) is 5.08. The molecule has 0 aliphatic heterocycles. The molecule has 3 rings (SSSR count). The van der Waals surface area contributed by atoms with Crippen LogP contribution in [0.1, 0.15) is 32.6 Å². The van der Waals surface area contributed by atoms with Gasteiger partial charge in [-0.3, -0.25) is 0 Å². The Morgan fingerprint density at radius 3 is 1.37 bits per heavy atom. The van der Waals surface area contributed by atoms with Gasteiger partial charge in [0.1, 0.15) is 18.1 Å². The fraction of sp³-hybridized carbons (Fsp3) is 0.333. The lowest BCUT2D eigenvalue weighted by molar-refractivity contribution is 0.146. The molecule has 0 aliphatic carbocycles. The molecular weight excluding hydrogens is 372 g/mol. The molecule has 0 aromatic heterocycles. The molecule has 3 heteroatoms. The van der Waals surface area contributed by atoms with Crippen LogP contribution < -0.4 is 9.47 Å². The van der Waals surface area contributed by atoms with Crippen LogP contribution in [0.25, 0.3) is 22.3 Å². The molecule has 3 aromatic rings. The largest absolute Gasteiger partial charge is 0.494 e. The van der Waals surface area contributed by atoms with Crippen molar-refractivity contribution in [3.8, 4) is 33.8 Å². The van der Waals surface area contributed by atoms with E-state index in [9.17, 15) is 0 Å². The van der Waals surface area contributed by atoms with E-state index in [1.54, 1.807) is 7.11 Å². The van der Waals surface area contributed by atoms with Gasteiger partial charge in [-0.05, 0) is 52.9 Å². The van der Waals surface area contributed by atoms with Crippen molar-refractivity contribution < 1.29 is 14.2 Å². The smallest absolute Gasteiger partial charge is 0.119 e. The van der Waals surface area contributed by atoms with Crippen LogP contribution in [0.4, 0.5) is 0 Å². The van der Waals surface area contributed by atoms with Gasteiger partial charge in [-0.1, -0.05) is 74.7 Å². The van der Waals surface area contributed by atoms with Crippen molar-refractivity contribution >= 4 is 0 Å². The first kappa shape index (κ1) is 21.9. The van der Waals surface area contributed by atoms with Crippen LogP contribution in [-0.2, 0) is 4.74 Å². The molecule has 0 aliphatic rings.